The number of nitrogens with one attached hydrogen (secondary N) is 2. The Balaban J connectivity index is 1.54. The zero-order chi connectivity index (χ0) is 19.7. The number of aromatic nitrogens is 4. The van der Waals surface area contributed by atoms with E-state index in [4.69, 9.17) is 0 Å². The highest BCUT2D eigenvalue weighted by atomic mass is 16.2. The lowest BCUT2D eigenvalue weighted by molar-refractivity contribution is -0.137. The van der Waals surface area contributed by atoms with Gasteiger partial charge in [-0.1, -0.05) is 6.42 Å². The standard InChI is InChI=1S/C19H27N7O2/c1-3-20-18(27)17-24-14-15(21-11-22-16(14)26(17)4-2)23-13-8-9-25(10-13)19(28)12-6-5-7-12/h11-13H,3-10H2,1-2H3,(H,20,27)(H,21,22,23)/t13-/m0/s1. The van der Waals surface area contributed by atoms with Gasteiger partial charge in [0.15, 0.2) is 17.0 Å². The number of imidazole rings is 1. The van der Waals surface area contributed by atoms with Gasteiger partial charge in [-0.05, 0) is 33.1 Å². The third-order valence-electron chi connectivity index (χ3n) is 5.68. The van der Waals surface area contributed by atoms with Gasteiger partial charge >= 0.3 is 0 Å². The van der Waals surface area contributed by atoms with E-state index in [-0.39, 0.29) is 23.8 Å². The average molecular weight is 385 g/mol. The van der Waals surface area contributed by atoms with Crippen LogP contribution in [0.2, 0.25) is 0 Å². The first kappa shape index (κ1) is 18.6. The summed E-state index contributed by atoms with van der Waals surface area (Å²) in [6, 6.07) is 0.127. The number of hydrogen-bond acceptors (Lipinski definition) is 6. The molecule has 2 fully saturated rings. The van der Waals surface area contributed by atoms with Crippen molar-refractivity contribution in [3.8, 4) is 0 Å². The fourth-order valence-corrected chi connectivity index (χ4v) is 3.94. The number of likely N-dealkylation sites (tertiary alicyclic amines) is 1. The van der Waals surface area contributed by atoms with Crippen molar-refractivity contribution < 1.29 is 9.59 Å². The van der Waals surface area contributed by atoms with Crippen LogP contribution in [0.15, 0.2) is 6.33 Å². The molecule has 0 bridgehead atoms. The zero-order valence-electron chi connectivity index (χ0n) is 16.4. The van der Waals surface area contributed by atoms with Crippen LogP contribution in [0, 0.1) is 5.92 Å². The lowest BCUT2D eigenvalue weighted by Crippen LogP contribution is -2.38. The second-order valence-corrected chi connectivity index (χ2v) is 7.48. The summed E-state index contributed by atoms with van der Waals surface area (Å²) in [5, 5.41) is 6.22. The molecule has 0 spiro atoms. The number of rotatable bonds is 6. The van der Waals surface area contributed by atoms with E-state index in [1.165, 1.54) is 12.7 Å². The van der Waals surface area contributed by atoms with Gasteiger partial charge in [-0.2, -0.15) is 0 Å². The molecule has 1 saturated carbocycles. The average Bonchev–Trinajstić information content (AvgIpc) is 3.25. The van der Waals surface area contributed by atoms with E-state index in [2.05, 4.69) is 25.6 Å². The van der Waals surface area contributed by atoms with Crippen LogP contribution < -0.4 is 10.6 Å². The van der Waals surface area contributed by atoms with Gasteiger partial charge in [-0.15, -0.1) is 0 Å². The van der Waals surface area contributed by atoms with E-state index in [1.807, 2.05) is 18.7 Å². The summed E-state index contributed by atoms with van der Waals surface area (Å²) >= 11 is 0. The van der Waals surface area contributed by atoms with Crippen molar-refractivity contribution in [2.24, 2.45) is 5.92 Å². The van der Waals surface area contributed by atoms with Crippen LogP contribution in [0.5, 0.6) is 0 Å². The molecular formula is C19H27N7O2. The molecule has 28 heavy (non-hydrogen) atoms. The molecule has 2 aliphatic rings. The van der Waals surface area contributed by atoms with E-state index in [1.54, 1.807) is 4.57 Å². The molecule has 9 heteroatoms. The number of hydrogen-bond donors (Lipinski definition) is 2. The summed E-state index contributed by atoms with van der Waals surface area (Å²) in [4.78, 5) is 40.0. The lowest BCUT2D eigenvalue weighted by atomic mass is 9.84. The molecule has 1 atom stereocenters. The van der Waals surface area contributed by atoms with E-state index in [0.29, 0.717) is 42.4 Å². The number of aryl methyl sites for hydroxylation is 1. The summed E-state index contributed by atoms with van der Waals surface area (Å²) in [6.07, 6.45) is 5.58. The summed E-state index contributed by atoms with van der Waals surface area (Å²) in [5.74, 6) is 1.26. The maximum Gasteiger partial charge on any atom is 0.287 e. The van der Waals surface area contributed by atoms with Gasteiger partial charge in [-0.3, -0.25) is 9.59 Å². The van der Waals surface area contributed by atoms with Gasteiger partial charge in [0.05, 0.1) is 0 Å². The largest absolute Gasteiger partial charge is 0.364 e. The van der Waals surface area contributed by atoms with Gasteiger partial charge in [0.2, 0.25) is 11.7 Å². The summed E-state index contributed by atoms with van der Waals surface area (Å²) < 4.78 is 1.80. The fourth-order valence-electron chi connectivity index (χ4n) is 3.94. The van der Waals surface area contributed by atoms with Crippen molar-refractivity contribution in [3.05, 3.63) is 12.2 Å². The van der Waals surface area contributed by atoms with Crippen molar-refractivity contribution in [1.82, 2.24) is 29.7 Å². The van der Waals surface area contributed by atoms with Crippen LogP contribution >= 0.6 is 0 Å². The number of nitrogens with zero attached hydrogens (tertiary/aromatic N) is 5. The minimum absolute atomic E-state index is 0.127. The highest BCUT2D eigenvalue weighted by Crippen LogP contribution is 2.30. The van der Waals surface area contributed by atoms with Crippen LogP contribution in [0.3, 0.4) is 0 Å². The van der Waals surface area contributed by atoms with Crippen LogP contribution in [-0.2, 0) is 11.3 Å². The molecule has 0 radical (unpaired) electrons. The van der Waals surface area contributed by atoms with Crippen LogP contribution in [0.1, 0.15) is 50.1 Å². The third kappa shape index (κ3) is 3.29. The smallest absolute Gasteiger partial charge is 0.287 e. The predicted molar refractivity (Wildman–Crippen MR) is 105 cm³/mol. The summed E-state index contributed by atoms with van der Waals surface area (Å²) in [6.45, 7) is 6.41. The SMILES string of the molecule is CCNC(=O)c1nc2c(N[C@H]3CCN(C(=O)C4CCC4)C3)ncnc2n1CC. The monoisotopic (exact) mass is 385 g/mol. The number of carbonyl (C=O) groups is 2. The first-order chi connectivity index (χ1) is 13.6. The molecule has 2 amide bonds. The molecular weight excluding hydrogens is 358 g/mol. The Morgan fingerprint density at radius 1 is 1.21 bits per heavy atom. The minimum atomic E-state index is -0.216. The Labute approximate surface area is 163 Å². The van der Waals surface area contributed by atoms with Crippen molar-refractivity contribution in [2.75, 3.05) is 25.0 Å². The summed E-state index contributed by atoms with van der Waals surface area (Å²) in [5.41, 5.74) is 1.23. The Kier molecular flexibility index (Phi) is 5.15. The van der Waals surface area contributed by atoms with Gasteiger partial charge < -0.3 is 20.1 Å². The number of anilines is 1. The first-order valence-electron chi connectivity index (χ1n) is 10.2. The maximum atomic E-state index is 12.5. The minimum Gasteiger partial charge on any atom is -0.364 e. The quantitative estimate of drug-likeness (QED) is 0.779. The molecule has 0 unspecified atom stereocenters. The van der Waals surface area contributed by atoms with Crippen LogP contribution in [-0.4, -0.2) is 61.9 Å². The number of carbonyl (C=O) groups excluding carboxylic acids is 2. The maximum absolute atomic E-state index is 12.5. The van der Waals surface area contributed by atoms with E-state index < -0.39 is 0 Å². The molecule has 150 valence electrons. The third-order valence-corrected chi connectivity index (χ3v) is 5.68. The second kappa shape index (κ2) is 7.73. The van der Waals surface area contributed by atoms with Gasteiger partial charge in [-0.25, -0.2) is 15.0 Å². The molecule has 9 nitrogen and oxygen atoms in total. The highest BCUT2D eigenvalue weighted by molar-refractivity contribution is 5.96. The Morgan fingerprint density at radius 2 is 2.04 bits per heavy atom. The van der Waals surface area contributed by atoms with Crippen molar-refractivity contribution in [2.45, 2.75) is 52.1 Å². The van der Waals surface area contributed by atoms with Crippen molar-refractivity contribution in [3.63, 3.8) is 0 Å². The molecule has 3 heterocycles. The molecule has 1 aliphatic carbocycles. The van der Waals surface area contributed by atoms with Gasteiger partial charge in [0, 0.05) is 38.1 Å². The topological polar surface area (TPSA) is 105 Å². The number of amides is 2. The molecule has 2 aromatic rings. The zero-order valence-corrected chi connectivity index (χ0v) is 16.4. The molecule has 4 rings (SSSR count). The van der Waals surface area contributed by atoms with E-state index >= 15 is 0 Å². The molecule has 0 aromatic carbocycles. The van der Waals surface area contributed by atoms with Gasteiger partial charge in [0.1, 0.15) is 6.33 Å². The molecule has 1 aliphatic heterocycles. The van der Waals surface area contributed by atoms with Crippen molar-refractivity contribution in [1.29, 1.82) is 0 Å². The first-order valence-corrected chi connectivity index (χ1v) is 10.2. The molecule has 2 aromatic heterocycles. The van der Waals surface area contributed by atoms with E-state index in [9.17, 15) is 9.59 Å². The second-order valence-electron chi connectivity index (χ2n) is 7.48. The fraction of sp³-hybridized carbons (Fsp3) is 0.632. The highest BCUT2D eigenvalue weighted by Gasteiger charge is 2.34. The van der Waals surface area contributed by atoms with Gasteiger partial charge in [0.25, 0.3) is 5.91 Å². The van der Waals surface area contributed by atoms with Crippen LogP contribution in [0.4, 0.5) is 5.82 Å². The Bertz CT molecular complexity index is 890. The van der Waals surface area contributed by atoms with Crippen molar-refractivity contribution >= 4 is 28.8 Å². The molecule has 2 N–H and O–H groups in total. The molecule has 1 saturated heterocycles. The normalized spacial score (nSPS) is 19.6. The van der Waals surface area contributed by atoms with E-state index in [0.717, 1.165) is 25.8 Å². The predicted octanol–water partition coefficient (Wildman–Crippen LogP) is 1.41. The number of fused-ring (bicyclic) bond motifs is 1. The van der Waals surface area contributed by atoms with Crippen LogP contribution in [0.25, 0.3) is 11.2 Å². The Morgan fingerprint density at radius 3 is 2.71 bits per heavy atom. The summed E-state index contributed by atoms with van der Waals surface area (Å²) in [7, 11) is 0. The lowest BCUT2D eigenvalue weighted by Gasteiger charge is -2.29. The Hall–Kier alpha value is -2.71.